The van der Waals surface area contributed by atoms with E-state index < -0.39 is 52.8 Å². The van der Waals surface area contributed by atoms with Crippen LogP contribution in [0.4, 0.5) is 27.6 Å². The molecule has 1 N–H and O–H groups in total. The Labute approximate surface area is 204 Å². The van der Waals surface area contributed by atoms with Gasteiger partial charge in [0.2, 0.25) is 5.91 Å². The number of amides is 2. The molecule has 1 fully saturated rings. The first-order valence-corrected chi connectivity index (χ1v) is 11.4. The van der Waals surface area contributed by atoms with E-state index in [2.05, 4.69) is 5.32 Å². The van der Waals surface area contributed by atoms with Crippen LogP contribution in [0.15, 0.2) is 66.7 Å². The number of aryl methyl sites for hydroxylation is 1. The Kier molecular flexibility index (Phi) is 7.10. The Hall–Kier alpha value is -3.75. The van der Waals surface area contributed by atoms with Crippen molar-refractivity contribution < 1.29 is 31.5 Å². The highest BCUT2D eigenvalue weighted by molar-refractivity contribution is 5.98. The zero-order chi connectivity index (χ0) is 26.0. The molecule has 2 amide bonds. The molecule has 9 heteroatoms. The van der Waals surface area contributed by atoms with E-state index in [0.29, 0.717) is 42.2 Å². The molecular weight excluding hydrogens is 479 g/mol. The maximum Gasteiger partial charge on any atom is 0.416 e. The van der Waals surface area contributed by atoms with Gasteiger partial charge in [0.05, 0.1) is 28.8 Å². The van der Waals surface area contributed by atoms with Crippen molar-refractivity contribution in [3.63, 3.8) is 0 Å². The fourth-order valence-electron chi connectivity index (χ4n) is 4.63. The minimum atomic E-state index is -4.72. The van der Waals surface area contributed by atoms with Crippen LogP contribution in [-0.2, 0) is 11.0 Å². The zero-order valence-electron chi connectivity index (χ0n) is 19.3. The van der Waals surface area contributed by atoms with E-state index in [9.17, 15) is 31.5 Å². The van der Waals surface area contributed by atoms with Gasteiger partial charge in [-0.2, -0.15) is 13.2 Å². The summed E-state index contributed by atoms with van der Waals surface area (Å²) >= 11 is 0. The van der Waals surface area contributed by atoms with Crippen molar-refractivity contribution >= 4 is 17.5 Å². The molecule has 36 heavy (non-hydrogen) atoms. The maximum atomic E-state index is 14.6. The second kappa shape index (κ2) is 10.1. The highest BCUT2D eigenvalue weighted by atomic mass is 19.4. The van der Waals surface area contributed by atoms with E-state index in [4.69, 9.17) is 0 Å². The van der Waals surface area contributed by atoms with Crippen LogP contribution >= 0.6 is 0 Å². The number of alkyl halides is 3. The summed E-state index contributed by atoms with van der Waals surface area (Å²) < 4.78 is 68.4. The minimum Gasteiger partial charge on any atom is -0.331 e. The summed E-state index contributed by atoms with van der Waals surface area (Å²) in [5.74, 6) is -3.94. The summed E-state index contributed by atoms with van der Waals surface area (Å²) in [7, 11) is 0. The molecule has 4 rings (SSSR count). The van der Waals surface area contributed by atoms with Crippen LogP contribution in [-0.4, -0.2) is 23.3 Å². The summed E-state index contributed by atoms with van der Waals surface area (Å²) in [5.41, 5.74) is -0.777. The zero-order valence-corrected chi connectivity index (χ0v) is 19.3. The molecule has 3 aromatic carbocycles. The number of nitrogens with zero attached hydrogens (tertiary/aromatic N) is 1. The molecule has 4 nitrogen and oxygen atoms in total. The van der Waals surface area contributed by atoms with Gasteiger partial charge in [0.1, 0.15) is 11.6 Å². The number of nitrogens with one attached hydrogen (secondary N) is 1. The highest BCUT2D eigenvalue weighted by Crippen LogP contribution is 2.39. The Morgan fingerprint density at radius 2 is 1.67 bits per heavy atom. The fourth-order valence-corrected chi connectivity index (χ4v) is 4.63. The van der Waals surface area contributed by atoms with Crippen molar-refractivity contribution in [2.75, 3.05) is 11.9 Å². The lowest BCUT2D eigenvalue weighted by Gasteiger charge is -2.41. The van der Waals surface area contributed by atoms with Crippen molar-refractivity contribution in [1.82, 2.24) is 4.90 Å². The molecule has 1 aliphatic heterocycles. The van der Waals surface area contributed by atoms with Gasteiger partial charge >= 0.3 is 6.18 Å². The number of benzene rings is 3. The molecule has 0 radical (unpaired) electrons. The number of halogens is 5. The van der Waals surface area contributed by atoms with Gasteiger partial charge in [0.15, 0.2) is 0 Å². The molecule has 0 unspecified atom stereocenters. The molecule has 0 bridgehead atoms. The standard InChI is InChI=1S/C27H23F5N2O2/c1-16-7-5-11-21(29)23(16)26(36)34-14-6-10-19(24(34)17-8-3-2-4-9-17)25(35)33-22-15-18(27(30,31)32)12-13-20(22)28/h2-5,7-9,11-13,15,19,24H,6,10,14H2,1H3,(H,33,35)/t19-,24-/m0/s1. The molecule has 3 aromatic rings. The first-order chi connectivity index (χ1) is 17.1. The molecule has 0 aromatic heterocycles. The predicted octanol–water partition coefficient (Wildman–Crippen LogP) is 6.52. The summed E-state index contributed by atoms with van der Waals surface area (Å²) in [4.78, 5) is 28.3. The third-order valence-electron chi connectivity index (χ3n) is 6.36. The number of anilines is 1. The third kappa shape index (κ3) is 5.10. The predicted molar refractivity (Wildman–Crippen MR) is 124 cm³/mol. The number of rotatable bonds is 4. The van der Waals surface area contributed by atoms with E-state index in [1.54, 1.807) is 43.3 Å². The first-order valence-electron chi connectivity index (χ1n) is 11.4. The molecule has 1 heterocycles. The van der Waals surface area contributed by atoms with Crippen LogP contribution in [0.2, 0.25) is 0 Å². The maximum absolute atomic E-state index is 14.6. The number of hydrogen-bond acceptors (Lipinski definition) is 2. The van der Waals surface area contributed by atoms with Gasteiger partial charge in [-0.3, -0.25) is 9.59 Å². The number of piperidine rings is 1. The molecule has 0 saturated carbocycles. The van der Waals surface area contributed by atoms with E-state index in [-0.39, 0.29) is 12.1 Å². The van der Waals surface area contributed by atoms with Crippen molar-refractivity contribution in [2.24, 2.45) is 5.92 Å². The number of carbonyl (C=O) groups excluding carboxylic acids is 2. The lowest BCUT2D eigenvalue weighted by molar-refractivity contribution is -0.137. The van der Waals surface area contributed by atoms with Gasteiger partial charge in [-0.05, 0) is 55.2 Å². The molecule has 0 spiro atoms. The highest BCUT2D eigenvalue weighted by Gasteiger charge is 2.41. The quantitative estimate of drug-likeness (QED) is 0.413. The van der Waals surface area contributed by atoms with Crippen LogP contribution < -0.4 is 5.32 Å². The van der Waals surface area contributed by atoms with Gasteiger partial charge in [-0.25, -0.2) is 8.78 Å². The number of hydrogen-bond donors (Lipinski definition) is 1. The van der Waals surface area contributed by atoms with Gasteiger partial charge in [0, 0.05) is 6.54 Å². The third-order valence-corrected chi connectivity index (χ3v) is 6.36. The Bertz CT molecular complexity index is 1260. The first kappa shape index (κ1) is 25.3. The van der Waals surface area contributed by atoms with E-state index in [1.807, 2.05) is 0 Å². The van der Waals surface area contributed by atoms with Crippen LogP contribution in [0, 0.1) is 24.5 Å². The molecule has 188 valence electrons. The van der Waals surface area contributed by atoms with Crippen molar-refractivity contribution in [3.05, 3.63) is 101 Å². The van der Waals surface area contributed by atoms with Gasteiger partial charge in [0.25, 0.3) is 5.91 Å². The Morgan fingerprint density at radius 1 is 0.944 bits per heavy atom. The van der Waals surface area contributed by atoms with Gasteiger partial charge in [-0.15, -0.1) is 0 Å². The van der Waals surface area contributed by atoms with Crippen molar-refractivity contribution in [1.29, 1.82) is 0 Å². The average Bonchev–Trinajstić information content (AvgIpc) is 2.84. The summed E-state index contributed by atoms with van der Waals surface area (Å²) in [6, 6.07) is 13.9. The lowest BCUT2D eigenvalue weighted by Crippen LogP contribution is -2.46. The normalized spacial score (nSPS) is 18.1. The van der Waals surface area contributed by atoms with Crippen LogP contribution in [0.3, 0.4) is 0 Å². The van der Waals surface area contributed by atoms with Gasteiger partial charge < -0.3 is 10.2 Å². The Balaban J connectivity index is 1.71. The van der Waals surface area contributed by atoms with Crippen molar-refractivity contribution in [2.45, 2.75) is 32.0 Å². The topological polar surface area (TPSA) is 49.4 Å². The second-order valence-corrected chi connectivity index (χ2v) is 8.72. The summed E-state index contributed by atoms with van der Waals surface area (Å²) in [6.07, 6.45) is -4.02. The van der Waals surface area contributed by atoms with Crippen molar-refractivity contribution in [3.8, 4) is 0 Å². The largest absolute Gasteiger partial charge is 0.416 e. The average molecular weight is 502 g/mol. The molecule has 1 saturated heterocycles. The molecule has 2 atom stereocenters. The second-order valence-electron chi connectivity index (χ2n) is 8.72. The molecule has 0 aliphatic carbocycles. The summed E-state index contributed by atoms with van der Waals surface area (Å²) in [6.45, 7) is 1.85. The Morgan fingerprint density at radius 3 is 2.33 bits per heavy atom. The monoisotopic (exact) mass is 502 g/mol. The van der Waals surface area contributed by atoms with Crippen LogP contribution in [0.25, 0.3) is 0 Å². The summed E-state index contributed by atoms with van der Waals surface area (Å²) in [5, 5.41) is 2.29. The van der Waals surface area contributed by atoms with Gasteiger partial charge in [-0.1, -0.05) is 42.5 Å². The van der Waals surface area contributed by atoms with E-state index >= 15 is 0 Å². The SMILES string of the molecule is Cc1cccc(F)c1C(=O)N1CCC[C@H](C(=O)Nc2cc(C(F)(F)F)ccc2F)[C@@H]1c1ccccc1. The molecule has 1 aliphatic rings. The molecular formula is C27H23F5N2O2. The minimum absolute atomic E-state index is 0.108. The van der Waals surface area contributed by atoms with Crippen LogP contribution in [0.5, 0.6) is 0 Å². The van der Waals surface area contributed by atoms with E-state index in [1.165, 1.54) is 17.0 Å². The number of likely N-dealkylation sites (tertiary alicyclic amines) is 1. The lowest BCUT2D eigenvalue weighted by atomic mass is 9.83. The van der Waals surface area contributed by atoms with Crippen LogP contribution in [0.1, 0.15) is 45.9 Å². The fraction of sp³-hybridized carbons (Fsp3) is 0.259. The smallest absolute Gasteiger partial charge is 0.331 e. The van der Waals surface area contributed by atoms with E-state index in [0.717, 1.165) is 0 Å². The number of carbonyl (C=O) groups is 2.